The number of halogens is 2. The van der Waals surface area contributed by atoms with Crippen molar-refractivity contribution in [3.63, 3.8) is 0 Å². The van der Waals surface area contributed by atoms with Crippen LogP contribution in [0.3, 0.4) is 0 Å². The fraction of sp³-hybridized carbons (Fsp3) is 0.333. The molecule has 0 heterocycles. The first-order valence-electron chi connectivity index (χ1n) is 3.79. The second-order valence-electron chi connectivity index (χ2n) is 3.05. The maximum atomic E-state index is 5.98. The Morgan fingerprint density at radius 1 is 1.33 bits per heavy atom. The summed E-state index contributed by atoms with van der Waals surface area (Å²) in [5.41, 5.74) is 8.37. The third kappa shape index (κ3) is 1.58. The van der Waals surface area contributed by atoms with Crippen LogP contribution >= 0.6 is 24.0 Å². The van der Waals surface area contributed by atoms with E-state index in [0.717, 1.165) is 17.9 Å². The minimum Gasteiger partial charge on any atom is -0.327 e. The SMILES string of the molecule is Cl.NC1Cc2cccc(Cl)c2C1. The Bertz CT molecular complexity index is 286. The number of nitrogens with two attached hydrogens (primary N) is 1. The summed E-state index contributed by atoms with van der Waals surface area (Å²) < 4.78 is 0. The van der Waals surface area contributed by atoms with Gasteiger partial charge in [-0.15, -0.1) is 12.4 Å². The molecular weight excluding hydrogens is 193 g/mol. The molecular formula is C9H11Cl2N. The van der Waals surface area contributed by atoms with Gasteiger partial charge >= 0.3 is 0 Å². The third-order valence-electron chi connectivity index (χ3n) is 2.16. The lowest BCUT2D eigenvalue weighted by Crippen LogP contribution is -2.19. The monoisotopic (exact) mass is 203 g/mol. The molecule has 0 aliphatic heterocycles. The minimum atomic E-state index is 0. The Kier molecular flexibility index (Phi) is 2.99. The van der Waals surface area contributed by atoms with Crippen LogP contribution in [0, 0.1) is 0 Å². The standard InChI is InChI=1S/C9H10ClN.ClH/c10-9-3-1-2-6-4-7(11)5-8(6)9;/h1-3,7H,4-5,11H2;1H. The summed E-state index contributed by atoms with van der Waals surface area (Å²) in [6, 6.07) is 6.30. The van der Waals surface area contributed by atoms with E-state index in [1.165, 1.54) is 11.1 Å². The second-order valence-corrected chi connectivity index (χ2v) is 3.45. The lowest BCUT2D eigenvalue weighted by molar-refractivity contribution is 0.721. The Morgan fingerprint density at radius 3 is 2.75 bits per heavy atom. The highest BCUT2D eigenvalue weighted by Gasteiger charge is 2.19. The van der Waals surface area contributed by atoms with E-state index < -0.39 is 0 Å². The molecule has 0 amide bonds. The maximum Gasteiger partial charge on any atom is 0.0441 e. The molecule has 66 valence electrons. The summed E-state index contributed by atoms with van der Waals surface area (Å²) in [6.07, 6.45) is 1.92. The van der Waals surface area contributed by atoms with E-state index in [9.17, 15) is 0 Å². The molecule has 0 saturated carbocycles. The van der Waals surface area contributed by atoms with Crippen LogP contribution in [0.4, 0.5) is 0 Å². The van der Waals surface area contributed by atoms with Crippen molar-refractivity contribution >= 4 is 24.0 Å². The van der Waals surface area contributed by atoms with Crippen molar-refractivity contribution < 1.29 is 0 Å². The Labute approximate surface area is 83.3 Å². The number of rotatable bonds is 0. The average molecular weight is 204 g/mol. The Balaban J connectivity index is 0.000000720. The quantitative estimate of drug-likeness (QED) is 0.688. The fourth-order valence-electron chi connectivity index (χ4n) is 1.64. The molecule has 1 aliphatic carbocycles. The highest BCUT2D eigenvalue weighted by atomic mass is 35.5. The van der Waals surface area contributed by atoms with Crippen molar-refractivity contribution in [2.24, 2.45) is 5.73 Å². The molecule has 0 bridgehead atoms. The first-order chi connectivity index (χ1) is 5.27. The fourth-order valence-corrected chi connectivity index (χ4v) is 1.91. The van der Waals surface area contributed by atoms with Crippen LogP contribution in [-0.2, 0) is 12.8 Å². The van der Waals surface area contributed by atoms with Crippen molar-refractivity contribution in [3.8, 4) is 0 Å². The largest absolute Gasteiger partial charge is 0.327 e. The molecule has 12 heavy (non-hydrogen) atoms. The molecule has 1 nitrogen and oxygen atoms in total. The smallest absolute Gasteiger partial charge is 0.0441 e. The molecule has 0 saturated heterocycles. The van der Waals surface area contributed by atoms with E-state index in [0.29, 0.717) is 0 Å². The van der Waals surface area contributed by atoms with Crippen molar-refractivity contribution in [1.82, 2.24) is 0 Å². The van der Waals surface area contributed by atoms with Gasteiger partial charge in [0.2, 0.25) is 0 Å². The van der Waals surface area contributed by atoms with Crippen LogP contribution < -0.4 is 5.73 Å². The van der Waals surface area contributed by atoms with Gasteiger partial charge in [0.1, 0.15) is 0 Å². The van der Waals surface area contributed by atoms with Gasteiger partial charge < -0.3 is 5.73 Å². The molecule has 1 atom stereocenters. The highest BCUT2D eigenvalue weighted by molar-refractivity contribution is 6.31. The number of hydrogen-bond donors (Lipinski definition) is 1. The molecule has 0 aromatic heterocycles. The molecule has 0 fully saturated rings. The van der Waals surface area contributed by atoms with Gasteiger partial charge in [-0.2, -0.15) is 0 Å². The van der Waals surface area contributed by atoms with E-state index in [1.807, 2.05) is 12.1 Å². The van der Waals surface area contributed by atoms with Gasteiger partial charge in [-0.3, -0.25) is 0 Å². The molecule has 0 spiro atoms. The summed E-state index contributed by atoms with van der Waals surface area (Å²) in [5.74, 6) is 0. The van der Waals surface area contributed by atoms with Crippen LogP contribution in [0.5, 0.6) is 0 Å². The summed E-state index contributed by atoms with van der Waals surface area (Å²) in [6.45, 7) is 0. The van der Waals surface area contributed by atoms with Crippen molar-refractivity contribution in [2.45, 2.75) is 18.9 Å². The van der Waals surface area contributed by atoms with Gasteiger partial charge in [-0.25, -0.2) is 0 Å². The zero-order valence-electron chi connectivity index (χ0n) is 6.59. The minimum absolute atomic E-state index is 0. The molecule has 0 radical (unpaired) electrons. The lowest BCUT2D eigenvalue weighted by Gasteiger charge is -1.98. The molecule has 1 aromatic rings. The molecule has 2 N–H and O–H groups in total. The maximum absolute atomic E-state index is 5.98. The van der Waals surface area contributed by atoms with Gasteiger partial charge in [0.05, 0.1) is 0 Å². The van der Waals surface area contributed by atoms with Crippen LogP contribution in [0.15, 0.2) is 18.2 Å². The molecule has 3 heteroatoms. The van der Waals surface area contributed by atoms with Crippen LogP contribution in [0.25, 0.3) is 0 Å². The van der Waals surface area contributed by atoms with Gasteiger partial charge in [0.25, 0.3) is 0 Å². The highest BCUT2D eigenvalue weighted by Crippen LogP contribution is 2.27. The number of benzene rings is 1. The third-order valence-corrected chi connectivity index (χ3v) is 2.52. The molecule has 1 aliphatic rings. The summed E-state index contributed by atoms with van der Waals surface area (Å²) in [5, 5.41) is 0.871. The first kappa shape index (κ1) is 9.85. The van der Waals surface area contributed by atoms with Gasteiger partial charge in [0, 0.05) is 11.1 Å². The molecule has 1 unspecified atom stereocenters. The van der Waals surface area contributed by atoms with Gasteiger partial charge in [0.15, 0.2) is 0 Å². The normalized spacial score (nSPS) is 20.0. The average Bonchev–Trinajstić information content (AvgIpc) is 2.31. The number of hydrogen-bond acceptors (Lipinski definition) is 1. The lowest BCUT2D eigenvalue weighted by atomic mass is 10.1. The van der Waals surface area contributed by atoms with Gasteiger partial charge in [-0.1, -0.05) is 23.7 Å². The summed E-state index contributed by atoms with van der Waals surface area (Å²) in [4.78, 5) is 0. The van der Waals surface area contributed by atoms with Crippen LogP contribution in [0.2, 0.25) is 5.02 Å². The van der Waals surface area contributed by atoms with E-state index in [2.05, 4.69) is 6.07 Å². The van der Waals surface area contributed by atoms with E-state index >= 15 is 0 Å². The Hall–Kier alpha value is -0.240. The summed E-state index contributed by atoms with van der Waals surface area (Å²) >= 11 is 5.98. The predicted octanol–water partition coefficient (Wildman–Crippen LogP) is 2.19. The van der Waals surface area contributed by atoms with Crippen molar-refractivity contribution in [3.05, 3.63) is 34.3 Å². The second kappa shape index (κ2) is 3.65. The zero-order valence-corrected chi connectivity index (χ0v) is 8.16. The van der Waals surface area contributed by atoms with Crippen LogP contribution in [-0.4, -0.2) is 6.04 Å². The molecule has 1 aromatic carbocycles. The zero-order chi connectivity index (χ0) is 7.84. The van der Waals surface area contributed by atoms with Crippen molar-refractivity contribution in [2.75, 3.05) is 0 Å². The Morgan fingerprint density at radius 2 is 2.08 bits per heavy atom. The van der Waals surface area contributed by atoms with Crippen molar-refractivity contribution in [1.29, 1.82) is 0 Å². The first-order valence-corrected chi connectivity index (χ1v) is 4.17. The predicted molar refractivity (Wildman–Crippen MR) is 54.1 cm³/mol. The van der Waals surface area contributed by atoms with E-state index in [4.69, 9.17) is 17.3 Å². The summed E-state index contributed by atoms with van der Waals surface area (Å²) in [7, 11) is 0. The van der Waals surface area contributed by atoms with E-state index in [1.54, 1.807) is 0 Å². The van der Waals surface area contributed by atoms with Crippen LogP contribution in [0.1, 0.15) is 11.1 Å². The van der Waals surface area contributed by atoms with Gasteiger partial charge in [-0.05, 0) is 30.0 Å². The topological polar surface area (TPSA) is 26.0 Å². The molecule has 2 rings (SSSR count). The number of fused-ring (bicyclic) bond motifs is 1. The van der Waals surface area contributed by atoms with E-state index in [-0.39, 0.29) is 18.4 Å².